The Labute approximate surface area is 230 Å². The SMILES string of the molecule is CCNC(=O)C(CC)N(Cc1ccccc1)C(=O)CN(c1cc(Cl)ccc1C)S(=O)(=O)c1ccc(C)cc1. The maximum absolute atomic E-state index is 14.0. The molecule has 0 aliphatic carbocycles. The first-order chi connectivity index (χ1) is 18.1. The van der Waals surface area contributed by atoms with Crippen molar-refractivity contribution in [2.45, 2.75) is 51.6 Å². The second-order valence-corrected chi connectivity index (χ2v) is 11.4. The smallest absolute Gasteiger partial charge is 0.264 e. The van der Waals surface area contributed by atoms with E-state index in [1.54, 1.807) is 37.3 Å². The maximum Gasteiger partial charge on any atom is 0.264 e. The molecule has 1 N–H and O–H groups in total. The fraction of sp³-hybridized carbons (Fsp3) is 0.310. The summed E-state index contributed by atoms with van der Waals surface area (Å²) in [4.78, 5) is 28.4. The maximum atomic E-state index is 14.0. The second kappa shape index (κ2) is 12.9. The highest BCUT2D eigenvalue weighted by Crippen LogP contribution is 2.30. The molecule has 0 aromatic heterocycles. The van der Waals surface area contributed by atoms with Gasteiger partial charge in [0.05, 0.1) is 10.6 Å². The number of aryl methyl sites for hydroxylation is 2. The molecule has 3 aromatic carbocycles. The summed E-state index contributed by atoms with van der Waals surface area (Å²) in [6.07, 6.45) is 0.366. The molecule has 0 fully saturated rings. The lowest BCUT2D eigenvalue weighted by molar-refractivity contribution is -0.140. The Morgan fingerprint density at radius 3 is 2.21 bits per heavy atom. The molecular weight excluding hydrogens is 522 g/mol. The van der Waals surface area contributed by atoms with Crippen LogP contribution in [-0.4, -0.2) is 44.3 Å². The van der Waals surface area contributed by atoms with Gasteiger partial charge in [-0.3, -0.25) is 13.9 Å². The number of benzene rings is 3. The van der Waals surface area contributed by atoms with Crippen LogP contribution in [0.25, 0.3) is 0 Å². The minimum Gasteiger partial charge on any atom is -0.355 e. The van der Waals surface area contributed by atoms with E-state index >= 15 is 0 Å². The van der Waals surface area contributed by atoms with Gasteiger partial charge >= 0.3 is 0 Å². The zero-order valence-corrected chi connectivity index (χ0v) is 23.7. The van der Waals surface area contributed by atoms with Crippen molar-refractivity contribution < 1.29 is 18.0 Å². The predicted octanol–water partition coefficient (Wildman–Crippen LogP) is 5.10. The van der Waals surface area contributed by atoms with Crippen molar-refractivity contribution >= 4 is 39.1 Å². The molecule has 0 aliphatic rings. The molecule has 202 valence electrons. The summed E-state index contributed by atoms with van der Waals surface area (Å²) in [5, 5.41) is 3.14. The number of hydrogen-bond acceptors (Lipinski definition) is 4. The fourth-order valence-electron chi connectivity index (χ4n) is 4.19. The minimum absolute atomic E-state index is 0.0562. The predicted molar refractivity (Wildman–Crippen MR) is 152 cm³/mol. The lowest BCUT2D eigenvalue weighted by Gasteiger charge is -2.33. The van der Waals surface area contributed by atoms with Gasteiger partial charge in [-0.05, 0) is 62.6 Å². The highest BCUT2D eigenvalue weighted by Gasteiger charge is 2.34. The topological polar surface area (TPSA) is 86.8 Å². The molecule has 0 saturated heterocycles. The molecule has 9 heteroatoms. The van der Waals surface area contributed by atoms with Gasteiger partial charge in [0.25, 0.3) is 10.0 Å². The summed E-state index contributed by atoms with van der Waals surface area (Å²) in [6, 6.07) is 19.9. The molecule has 0 bridgehead atoms. The van der Waals surface area contributed by atoms with Crippen LogP contribution in [-0.2, 0) is 26.2 Å². The highest BCUT2D eigenvalue weighted by atomic mass is 35.5. The molecule has 3 aromatic rings. The number of likely N-dealkylation sites (N-methyl/N-ethyl adjacent to an activating group) is 1. The number of amides is 2. The molecule has 0 radical (unpaired) electrons. The molecule has 38 heavy (non-hydrogen) atoms. The van der Waals surface area contributed by atoms with Gasteiger partial charge < -0.3 is 10.2 Å². The third-order valence-corrected chi connectivity index (χ3v) is 8.27. The monoisotopic (exact) mass is 555 g/mol. The zero-order chi connectivity index (χ0) is 27.9. The summed E-state index contributed by atoms with van der Waals surface area (Å²) < 4.78 is 29.0. The number of carbonyl (C=O) groups excluding carboxylic acids is 2. The summed E-state index contributed by atoms with van der Waals surface area (Å²) >= 11 is 6.26. The lowest BCUT2D eigenvalue weighted by Crippen LogP contribution is -2.52. The molecule has 2 amide bonds. The van der Waals surface area contributed by atoms with Crippen LogP contribution in [0.3, 0.4) is 0 Å². The Kier molecular flexibility index (Phi) is 9.94. The first kappa shape index (κ1) is 29.2. The Morgan fingerprint density at radius 1 is 0.947 bits per heavy atom. The van der Waals surface area contributed by atoms with Crippen LogP contribution in [0, 0.1) is 13.8 Å². The van der Waals surface area contributed by atoms with Crippen molar-refractivity contribution in [1.29, 1.82) is 0 Å². The molecule has 0 spiro atoms. The molecule has 0 aliphatic heterocycles. The van der Waals surface area contributed by atoms with Crippen molar-refractivity contribution in [3.8, 4) is 0 Å². The zero-order valence-electron chi connectivity index (χ0n) is 22.1. The summed E-state index contributed by atoms with van der Waals surface area (Å²) in [5.74, 6) is -0.784. The van der Waals surface area contributed by atoms with Crippen molar-refractivity contribution in [2.75, 3.05) is 17.4 Å². The van der Waals surface area contributed by atoms with Crippen LogP contribution >= 0.6 is 11.6 Å². The van der Waals surface area contributed by atoms with Crippen molar-refractivity contribution in [3.05, 3.63) is 94.5 Å². The average Bonchev–Trinajstić information content (AvgIpc) is 2.89. The number of rotatable bonds is 11. The van der Waals surface area contributed by atoms with E-state index in [-0.39, 0.29) is 17.3 Å². The van der Waals surface area contributed by atoms with Gasteiger partial charge in [0.1, 0.15) is 12.6 Å². The number of halogens is 1. The van der Waals surface area contributed by atoms with Gasteiger partial charge in [-0.15, -0.1) is 0 Å². The van der Waals surface area contributed by atoms with E-state index in [4.69, 9.17) is 11.6 Å². The Morgan fingerprint density at radius 2 is 1.61 bits per heavy atom. The highest BCUT2D eigenvalue weighted by molar-refractivity contribution is 7.92. The molecule has 1 unspecified atom stereocenters. The standard InChI is InChI=1S/C29H34ClN3O4S/c1-5-26(29(35)31-6-2)32(19-23-10-8-7-9-11-23)28(34)20-33(27-18-24(30)15-14-22(27)4)38(36,37)25-16-12-21(3)13-17-25/h7-18,26H,5-6,19-20H2,1-4H3,(H,31,35). The van der Waals surface area contributed by atoms with E-state index < -0.39 is 28.5 Å². The van der Waals surface area contributed by atoms with Crippen molar-refractivity contribution in [3.63, 3.8) is 0 Å². The summed E-state index contributed by atoms with van der Waals surface area (Å²) in [7, 11) is -4.15. The Balaban J connectivity index is 2.09. The number of carbonyl (C=O) groups is 2. The van der Waals surface area contributed by atoms with E-state index in [2.05, 4.69) is 5.32 Å². The normalized spacial score (nSPS) is 12.0. The van der Waals surface area contributed by atoms with Crippen LogP contribution in [0.2, 0.25) is 5.02 Å². The van der Waals surface area contributed by atoms with Crippen LogP contribution in [0.1, 0.15) is 37.0 Å². The van der Waals surface area contributed by atoms with Crippen LogP contribution in [0.15, 0.2) is 77.7 Å². The quantitative estimate of drug-likeness (QED) is 0.357. The van der Waals surface area contributed by atoms with Gasteiger partial charge in [0.2, 0.25) is 11.8 Å². The van der Waals surface area contributed by atoms with E-state index in [0.29, 0.717) is 29.2 Å². The van der Waals surface area contributed by atoms with Crippen LogP contribution in [0.4, 0.5) is 5.69 Å². The molecule has 0 saturated carbocycles. The van der Waals surface area contributed by atoms with E-state index in [0.717, 1.165) is 15.4 Å². The number of sulfonamides is 1. The van der Waals surface area contributed by atoms with Crippen LogP contribution in [0.5, 0.6) is 0 Å². The minimum atomic E-state index is -4.15. The number of anilines is 1. The van der Waals surface area contributed by atoms with E-state index in [1.807, 2.05) is 51.1 Å². The fourth-order valence-corrected chi connectivity index (χ4v) is 5.83. The Bertz CT molecular complexity index is 1360. The van der Waals surface area contributed by atoms with Crippen molar-refractivity contribution in [2.24, 2.45) is 0 Å². The van der Waals surface area contributed by atoms with Gasteiger partial charge in [-0.1, -0.05) is 72.6 Å². The van der Waals surface area contributed by atoms with E-state index in [9.17, 15) is 18.0 Å². The number of nitrogens with one attached hydrogen (secondary N) is 1. The van der Waals surface area contributed by atoms with Crippen molar-refractivity contribution in [1.82, 2.24) is 10.2 Å². The van der Waals surface area contributed by atoms with E-state index in [1.165, 1.54) is 17.0 Å². The average molecular weight is 556 g/mol. The largest absolute Gasteiger partial charge is 0.355 e. The van der Waals surface area contributed by atoms with Gasteiger partial charge in [0.15, 0.2) is 0 Å². The lowest BCUT2D eigenvalue weighted by atomic mass is 10.1. The number of hydrogen-bond donors (Lipinski definition) is 1. The molecular formula is C29H34ClN3O4S. The number of nitrogens with zero attached hydrogens (tertiary/aromatic N) is 2. The molecule has 1 atom stereocenters. The Hall–Kier alpha value is -3.36. The molecule has 3 rings (SSSR count). The molecule has 7 nitrogen and oxygen atoms in total. The first-order valence-electron chi connectivity index (χ1n) is 12.5. The third kappa shape index (κ3) is 6.94. The third-order valence-electron chi connectivity index (χ3n) is 6.26. The van der Waals surface area contributed by atoms with Gasteiger partial charge in [0, 0.05) is 18.1 Å². The van der Waals surface area contributed by atoms with Gasteiger partial charge in [-0.2, -0.15) is 0 Å². The van der Waals surface area contributed by atoms with Crippen LogP contribution < -0.4 is 9.62 Å². The first-order valence-corrected chi connectivity index (χ1v) is 14.4. The summed E-state index contributed by atoms with van der Waals surface area (Å²) in [5.41, 5.74) is 2.68. The molecule has 0 heterocycles. The van der Waals surface area contributed by atoms with Gasteiger partial charge in [-0.25, -0.2) is 8.42 Å². The summed E-state index contributed by atoms with van der Waals surface area (Å²) in [6.45, 7) is 7.34. The second-order valence-electron chi connectivity index (χ2n) is 9.08.